The number of benzene rings is 1. The van der Waals surface area contributed by atoms with Crippen LogP contribution in [0.1, 0.15) is 16.2 Å². The summed E-state index contributed by atoms with van der Waals surface area (Å²) < 4.78 is 0. The average Bonchev–Trinajstić information content (AvgIpc) is 2.70. The van der Waals surface area contributed by atoms with E-state index in [1.54, 1.807) is 12.1 Å². The second-order valence-corrected chi connectivity index (χ2v) is 3.89. The summed E-state index contributed by atoms with van der Waals surface area (Å²) >= 11 is 5.84. The van der Waals surface area contributed by atoms with Gasteiger partial charge in [0.25, 0.3) is 5.91 Å². The summed E-state index contributed by atoms with van der Waals surface area (Å²) in [6.45, 7) is 1.86. The summed E-state index contributed by atoms with van der Waals surface area (Å²) in [6, 6.07) is 5.22. The van der Waals surface area contributed by atoms with Gasteiger partial charge in [0.2, 0.25) is 11.8 Å². The first-order valence-corrected chi connectivity index (χ1v) is 5.19. The third-order valence-electron chi connectivity index (χ3n) is 2.17. The molecule has 2 aromatic rings. The maximum atomic E-state index is 11.7. The molecule has 0 aliphatic heterocycles. The number of nitrogens with zero attached hydrogens (tertiary/aromatic N) is 2. The predicted octanol–water partition coefficient (Wildman–Crippen LogP) is 1.60. The number of halogens is 1. The molecule has 0 radical (unpaired) electrons. The predicted molar refractivity (Wildman–Crippen MR) is 64.9 cm³/mol. The van der Waals surface area contributed by atoms with Gasteiger partial charge < -0.3 is 11.1 Å². The zero-order valence-electron chi connectivity index (χ0n) is 8.99. The molecule has 0 fully saturated rings. The van der Waals surface area contributed by atoms with Crippen molar-refractivity contribution in [3.63, 3.8) is 0 Å². The molecule has 2 rings (SSSR count). The molecular weight excluding hydrogens is 242 g/mol. The number of aryl methyl sites for hydroxylation is 1. The lowest BCUT2D eigenvalue weighted by Crippen LogP contribution is -2.14. The third-order valence-corrected chi connectivity index (χ3v) is 2.40. The van der Waals surface area contributed by atoms with Crippen LogP contribution in [0, 0.1) is 6.92 Å². The van der Waals surface area contributed by atoms with Gasteiger partial charge in [0.05, 0.1) is 0 Å². The standard InChI is InChI=1S/C10H10ClN5O/c1-5-2-3-6(11)4-7(5)13-9(17)8-14-10(12)16-15-8/h2-4H,1H3,(H,13,17)(H3,12,14,15,16). The van der Waals surface area contributed by atoms with E-state index in [-0.39, 0.29) is 11.8 Å². The normalized spacial score (nSPS) is 10.2. The highest BCUT2D eigenvalue weighted by atomic mass is 35.5. The van der Waals surface area contributed by atoms with Crippen LogP contribution < -0.4 is 11.1 Å². The third kappa shape index (κ3) is 2.54. The van der Waals surface area contributed by atoms with Crippen molar-refractivity contribution in [2.75, 3.05) is 11.1 Å². The average molecular weight is 252 g/mol. The van der Waals surface area contributed by atoms with Crippen LogP contribution in [0.25, 0.3) is 0 Å². The maximum absolute atomic E-state index is 11.7. The van der Waals surface area contributed by atoms with Gasteiger partial charge in [-0.15, -0.1) is 5.10 Å². The molecule has 1 aromatic carbocycles. The van der Waals surface area contributed by atoms with Crippen molar-refractivity contribution in [3.8, 4) is 0 Å². The monoisotopic (exact) mass is 251 g/mol. The molecule has 0 saturated carbocycles. The van der Waals surface area contributed by atoms with E-state index in [0.717, 1.165) is 5.56 Å². The molecule has 4 N–H and O–H groups in total. The van der Waals surface area contributed by atoms with Gasteiger partial charge in [-0.1, -0.05) is 17.7 Å². The fourth-order valence-corrected chi connectivity index (χ4v) is 1.46. The highest BCUT2D eigenvalue weighted by Gasteiger charge is 2.12. The molecule has 7 heteroatoms. The van der Waals surface area contributed by atoms with Gasteiger partial charge in [-0.2, -0.15) is 4.98 Å². The number of H-pyrrole nitrogens is 1. The highest BCUT2D eigenvalue weighted by molar-refractivity contribution is 6.31. The summed E-state index contributed by atoms with van der Waals surface area (Å²) in [5.41, 5.74) is 6.83. The van der Waals surface area contributed by atoms with Crippen molar-refractivity contribution in [1.29, 1.82) is 0 Å². The molecule has 0 bridgehead atoms. The number of amides is 1. The summed E-state index contributed by atoms with van der Waals surface area (Å²) in [4.78, 5) is 15.5. The molecule has 0 saturated heterocycles. The number of aromatic amines is 1. The van der Waals surface area contributed by atoms with Crippen molar-refractivity contribution in [1.82, 2.24) is 15.2 Å². The lowest BCUT2D eigenvalue weighted by Gasteiger charge is -2.06. The summed E-state index contributed by atoms with van der Waals surface area (Å²) in [7, 11) is 0. The Morgan fingerprint density at radius 1 is 1.53 bits per heavy atom. The minimum atomic E-state index is -0.417. The van der Waals surface area contributed by atoms with Gasteiger partial charge in [0, 0.05) is 10.7 Å². The molecule has 0 spiro atoms. The topological polar surface area (TPSA) is 96.7 Å². The number of carbonyl (C=O) groups excluding carboxylic acids is 1. The number of anilines is 2. The first kappa shape index (κ1) is 11.4. The van der Waals surface area contributed by atoms with Crippen LogP contribution in [-0.2, 0) is 0 Å². The van der Waals surface area contributed by atoms with Crippen molar-refractivity contribution >= 4 is 29.1 Å². The molecule has 6 nitrogen and oxygen atoms in total. The van der Waals surface area contributed by atoms with Crippen LogP contribution in [0.3, 0.4) is 0 Å². The Bertz CT molecular complexity index is 566. The summed E-state index contributed by atoms with van der Waals surface area (Å²) in [5, 5.41) is 9.21. The molecular formula is C10H10ClN5O. The molecule has 0 atom stereocenters. The number of aromatic nitrogens is 3. The Balaban J connectivity index is 2.21. The number of hydrogen-bond donors (Lipinski definition) is 3. The van der Waals surface area contributed by atoms with Gasteiger partial charge >= 0.3 is 0 Å². The molecule has 17 heavy (non-hydrogen) atoms. The largest absolute Gasteiger partial charge is 0.366 e. The SMILES string of the molecule is Cc1ccc(Cl)cc1NC(=O)c1nc(N)n[nH]1. The second kappa shape index (κ2) is 4.42. The van der Waals surface area contributed by atoms with E-state index >= 15 is 0 Å². The van der Waals surface area contributed by atoms with Crippen LogP contribution in [-0.4, -0.2) is 21.1 Å². The minimum absolute atomic E-state index is 0.0259. The molecule has 0 aliphatic rings. The Morgan fingerprint density at radius 3 is 2.94 bits per heavy atom. The summed E-state index contributed by atoms with van der Waals surface area (Å²) in [6.07, 6.45) is 0. The number of rotatable bonds is 2. The van der Waals surface area contributed by atoms with Gasteiger partial charge in [-0.3, -0.25) is 9.89 Å². The Morgan fingerprint density at radius 2 is 2.29 bits per heavy atom. The van der Waals surface area contributed by atoms with Crippen molar-refractivity contribution in [2.45, 2.75) is 6.92 Å². The van der Waals surface area contributed by atoms with E-state index < -0.39 is 5.91 Å². The fraction of sp³-hybridized carbons (Fsp3) is 0.100. The zero-order valence-corrected chi connectivity index (χ0v) is 9.75. The van der Waals surface area contributed by atoms with Crippen LogP contribution >= 0.6 is 11.6 Å². The van der Waals surface area contributed by atoms with Crippen LogP contribution in [0.15, 0.2) is 18.2 Å². The first-order valence-electron chi connectivity index (χ1n) is 4.81. The van der Waals surface area contributed by atoms with E-state index in [4.69, 9.17) is 17.3 Å². The van der Waals surface area contributed by atoms with Crippen molar-refractivity contribution in [2.24, 2.45) is 0 Å². The van der Waals surface area contributed by atoms with Crippen molar-refractivity contribution < 1.29 is 4.79 Å². The molecule has 1 aromatic heterocycles. The molecule has 88 valence electrons. The Kier molecular flexibility index (Phi) is 2.97. The second-order valence-electron chi connectivity index (χ2n) is 3.46. The maximum Gasteiger partial charge on any atom is 0.293 e. The minimum Gasteiger partial charge on any atom is -0.366 e. The first-order chi connectivity index (χ1) is 8.06. The number of hydrogen-bond acceptors (Lipinski definition) is 4. The quantitative estimate of drug-likeness (QED) is 0.755. The van der Waals surface area contributed by atoms with E-state index in [1.165, 1.54) is 0 Å². The number of carbonyl (C=O) groups is 1. The van der Waals surface area contributed by atoms with Gasteiger partial charge in [0.1, 0.15) is 0 Å². The lowest BCUT2D eigenvalue weighted by molar-refractivity contribution is 0.101. The number of nitrogen functional groups attached to an aromatic ring is 1. The van der Waals surface area contributed by atoms with E-state index in [0.29, 0.717) is 10.7 Å². The van der Waals surface area contributed by atoms with Crippen LogP contribution in [0.2, 0.25) is 5.02 Å². The van der Waals surface area contributed by atoms with Gasteiger partial charge in [-0.05, 0) is 24.6 Å². The number of nitrogens with one attached hydrogen (secondary N) is 2. The fourth-order valence-electron chi connectivity index (χ4n) is 1.29. The Labute approximate surface area is 102 Å². The van der Waals surface area contributed by atoms with E-state index in [1.807, 2.05) is 13.0 Å². The highest BCUT2D eigenvalue weighted by Crippen LogP contribution is 2.20. The molecule has 0 aliphatic carbocycles. The van der Waals surface area contributed by atoms with Gasteiger partial charge in [-0.25, -0.2) is 0 Å². The summed E-state index contributed by atoms with van der Waals surface area (Å²) in [5.74, 6) is -0.334. The molecule has 0 unspecified atom stereocenters. The smallest absolute Gasteiger partial charge is 0.293 e. The van der Waals surface area contributed by atoms with Crippen LogP contribution in [0.5, 0.6) is 0 Å². The molecule has 1 amide bonds. The van der Waals surface area contributed by atoms with Crippen molar-refractivity contribution in [3.05, 3.63) is 34.6 Å². The zero-order chi connectivity index (χ0) is 12.4. The molecule has 1 heterocycles. The van der Waals surface area contributed by atoms with E-state index in [2.05, 4.69) is 20.5 Å². The lowest BCUT2D eigenvalue weighted by atomic mass is 10.2. The number of nitrogens with two attached hydrogens (primary N) is 1. The van der Waals surface area contributed by atoms with Gasteiger partial charge in [0.15, 0.2) is 0 Å². The Hall–Kier alpha value is -2.08. The van der Waals surface area contributed by atoms with E-state index in [9.17, 15) is 4.79 Å². The van der Waals surface area contributed by atoms with Crippen LogP contribution in [0.4, 0.5) is 11.6 Å².